The van der Waals surface area contributed by atoms with Gasteiger partial charge in [-0.05, 0) is 68.1 Å². The number of hydrogen-bond acceptors (Lipinski definition) is 3. The normalized spacial score (nSPS) is 11.1. The summed E-state index contributed by atoms with van der Waals surface area (Å²) in [5, 5.41) is 3.64. The van der Waals surface area contributed by atoms with Gasteiger partial charge in [0.1, 0.15) is 0 Å². The molecule has 0 aliphatic heterocycles. The van der Waals surface area contributed by atoms with Crippen LogP contribution >= 0.6 is 0 Å². The van der Waals surface area contributed by atoms with Crippen LogP contribution < -0.4 is 5.32 Å². The molecule has 0 radical (unpaired) electrons. The van der Waals surface area contributed by atoms with Gasteiger partial charge in [-0.15, -0.1) is 0 Å². The number of nitrogens with zero attached hydrogens (tertiary/aromatic N) is 3. The Morgan fingerprint density at radius 3 is 2.33 bits per heavy atom. The number of pyridine rings is 2. The lowest BCUT2D eigenvalue weighted by molar-refractivity contribution is 1.07. The molecule has 0 aliphatic rings. The number of nitrogens with one attached hydrogen (secondary N) is 1. The molecule has 0 aliphatic carbocycles. The maximum Gasteiger partial charge on any atom is 0.160 e. The highest BCUT2D eigenvalue weighted by Crippen LogP contribution is 2.28. The Hall–Kier alpha value is -3.14. The van der Waals surface area contributed by atoms with E-state index < -0.39 is 0 Å². The van der Waals surface area contributed by atoms with Crippen LogP contribution in [-0.4, -0.2) is 14.4 Å². The van der Waals surface area contributed by atoms with Crippen LogP contribution in [0.1, 0.15) is 28.1 Å². The van der Waals surface area contributed by atoms with Crippen LogP contribution in [0.5, 0.6) is 0 Å². The molecular formula is C23H24N4. The lowest BCUT2D eigenvalue weighted by Gasteiger charge is -2.14. The van der Waals surface area contributed by atoms with Gasteiger partial charge >= 0.3 is 0 Å². The van der Waals surface area contributed by atoms with Gasteiger partial charge in [-0.2, -0.15) is 0 Å². The van der Waals surface area contributed by atoms with Crippen molar-refractivity contribution >= 4 is 11.3 Å². The second-order valence-corrected chi connectivity index (χ2v) is 7.08. The van der Waals surface area contributed by atoms with Gasteiger partial charge in [0.25, 0.3) is 0 Å². The van der Waals surface area contributed by atoms with Crippen LogP contribution in [-0.2, 0) is 6.54 Å². The van der Waals surface area contributed by atoms with E-state index in [9.17, 15) is 0 Å². The summed E-state index contributed by atoms with van der Waals surface area (Å²) >= 11 is 0. The number of imidazole rings is 1. The second kappa shape index (κ2) is 6.88. The van der Waals surface area contributed by atoms with E-state index in [1.165, 1.54) is 16.7 Å². The van der Waals surface area contributed by atoms with E-state index in [-0.39, 0.29) is 0 Å². The minimum Gasteiger partial charge on any atom is -0.378 e. The fourth-order valence-electron chi connectivity index (χ4n) is 3.51. The molecule has 4 heteroatoms. The predicted molar refractivity (Wildman–Crippen MR) is 111 cm³/mol. The smallest absolute Gasteiger partial charge is 0.160 e. The van der Waals surface area contributed by atoms with Crippen molar-refractivity contribution in [1.29, 1.82) is 0 Å². The molecule has 0 saturated carbocycles. The zero-order valence-electron chi connectivity index (χ0n) is 16.2. The zero-order valence-corrected chi connectivity index (χ0v) is 16.2. The summed E-state index contributed by atoms with van der Waals surface area (Å²) < 4.78 is 2.18. The summed E-state index contributed by atoms with van der Waals surface area (Å²) in [4.78, 5) is 8.93. The number of hydrogen-bond donors (Lipinski definition) is 1. The molecule has 0 unspecified atom stereocenters. The minimum absolute atomic E-state index is 0.777. The molecule has 136 valence electrons. The van der Waals surface area contributed by atoms with Crippen molar-refractivity contribution in [2.24, 2.45) is 0 Å². The van der Waals surface area contributed by atoms with Crippen molar-refractivity contribution < 1.29 is 0 Å². The first-order valence-electron chi connectivity index (χ1n) is 9.23. The summed E-state index contributed by atoms with van der Waals surface area (Å²) in [6.45, 7) is 9.27. The Bertz CT molecular complexity index is 1090. The maximum atomic E-state index is 4.79. The van der Waals surface area contributed by atoms with Crippen molar-refractivity contribution in [2.75, 3.05) is 5.32 Å². The van der Waals surface area contributed by atoms with Gasteiger partial charge in [0.15, 0.2) is 5.65 Å². The van der Waals surface area contributed by atoms with E-state index in [1.54, 1.807) is 0 Å². The fraction of sp³-hybridized carbons (Fsp3) is 0.217. The predicted octanol–water partition coefficient (Wildman–Crippen LogP) is 5.24. The minimum atomic E-state index is 0.777. The third-order valence-corrected chi connectivity index (χ3v) is 5.31. The molecule has 0 spiro atoms. The van der Waals surface area contributed by atoms with Gasteiger partial charge < -0.3 is 9.72 Å². The molecule has 3 heterocycles. The Morgan fingerprint density at radius 2 is 1.63 bits per heavy atom. The highest BCUT2D eigenvalue weighted by molar-refractivity contribution is 5.77. The highest BCUT2D eigenvalue weighted by atomic mass is 15.1. The molecule has 1 N–H and O–H groups in total. The number of benzene rings is 1. The number of aryl methyl sites for hydroxylation is 4. The van der Waals surface area contributed by atoms with Gasteiger partial charge in [-0.1, -0.05) is 18.2 Å². The van der Waals surface area contributed by atoms with Crippen molar-refractivity contribution in [3.05, 3.63) is 83.1 Å². The van der Waals surface area contributed by atoms with Crippen molar-refractivity contribution in [3.63, 3.8) is 0 Å². The number of aromatic nitrogens is 3. The summed E-state index contributed by atoms with van der Waals surface area (Å²) in [6.07, 6.45) is 5.81. The fourth-order valence-corrected chi connectivity index (χ4v) is 3.51. The van der Waals surface area contributed by atoms with Crippen molar-refractivity contribution in [3.8, 4) is 11.1 Å². The van der Waals surface area contributed by atoms with Crippen LogP contribution in [0.15, 0.2) is 55.0 Å². The molecule has 0 fully saturated rings. The summed E-state index contributed by atoms with van der Waals surface area (Å²) in [5.74, 6) is 0. The Balaban J connectivity index is 1.80. The largest absolute Gasteiger partial charge is 0.378 e. The first kappa shape index (κ1) is 17.3. The molecular weight excluding hydrogens is 332 g/mol. The maximum absolute atomic E-state index is 4.79. The van der Waals surface area contributed by atoms with Gasteiger partial charge in [-0.3, -0.25) is 4.98 Å². The van der Waals surface area contributed by atoms with Crippen LogP contribution in [0.4, 0.5) is 5.69 Å². The van der Waals surface area contributed by atoms with E-state index in [0.717, 1.165) is 40.4 Å². The molecule has 0 saturated heterocycles. The van der Waals surface area contributed by atoms with Crippen molar-refractivity contribution in [2.45, 2.75) is 34.2 Å². The monoisotopic (exact) mass is 356 g/mol. The lowest BCUT2D eigenvalue weighted by atomic mass is 10.0. The third kappa shape index (κ3) is 3.19. The number of rotatable bonds is 4. The molecule has 27 heavy (non-hydrogen) atoms. The Labute approximate surface area is 159 Å². The van der Waals surface area contributed by atoms with E-state index in [4.69, 9.17) is 4.98 Å². The average molecular weight is 356 g/mol. The molecule has 1 aromatic carbocycles. The Morgan fingerprint density at radius 1 is 0.926 bits per heavy atom. The molecule has 4 rings (SSSR count). The number of fused-ring (bicyclic) bond motifs is 1. The van der Waals surface area contributed by atoms with E-state index >= 15 is 0 Å². The zero-order chi connectivity index (χ0) is 19.0. The molecule has 0 bridgehead atoms. The third-order valence-electron chi connectivity index (χ3n) is 5.31. The van der Waals surface area contributed by atoms with Crippen LogP contribution in [0.25, 0.3) is 16.8 Å². The molecule has 0 atom stereocenters. The molecule has 0 amide bonds. The summed E-state index contributed by atoms with van der Waals surface area (Å²) in [7, 11) is 0. The molecule has 4 nitrogen and oxygen atoms in total. The topological polar surface area (TPSA) is 42.2 Å². The quantitative estimate of drug-likeness (QED) is 0.543. The first-order valence-corrected chi connectivity index (χ1v) is 9.23. The molecule has 3 aromatic heterocycles. The standard InChI is InChI=1S/C23H24N4/c1-15-6-5-7-16(2)21(15)13-25-22-12-20(19-8-10-24-11-9-19)14-27-18(4)17(3)26-23(22)27/h5-12,14,25H,13H2,1-4H3. The van der Waals surface area contributed by atoms with Crippen molar-refractivity contribution in [1.82, 2.24) is 14.4 Å². The lowest BCUT2D eigenvalue weighted by Crippen LogP contribution is -2.05. The number of anilines is 1. The SMILES string of the molecule is Cc1cccc(C)c1CNc1cc(-c2ccncc2)cn2c(C)c(C)nc12. The van der Waals surface area contributed by atoms with Crippen LogP contribution in [0, 0.1) is 27.7 Å². The highest BCUT2D eigenvalue weighted by Gasteiger charge is 2.12. The second-order valence-electron chi connectivity index (χ2n) is 7.08. The van der Waals surface area contributed by atoms with Crippen LogP contribution in [0.2, 0.25) is 0 Å². The van der Waals surface area contributed by atoms with E-state index in [2.05, 4.69) is 72.9 Å². The van der Waals surface area contributed by atoms with E-state index in [0.29, 0.717) is 0 Å². The summed E-state index contributed by atoms with van der Waals surface area (Å²) in [6, 6.07) is 12.7. The van der Waals surface area contributed by atoms with Gasteiger partial charge in [0, 0.05) is 36.4 Å². The first-order chi connectivity index (χ1) is 13.0. The van der Waals surface area contributed by atoms with Gasteiger partial charge in [-0.25, -0.2) is 4.98 Å². The van der Waals surface area contributed by atoms with Gasteiger partial charge in [0.05, 0.1) is 11.4 Å². The summed E-state index contributed by atoms with van der Waals surface area (Å²) in [5.41, 5.74) is 10.5. The van der Waals surface area contributed by atoms with Gasteiger partial charge in [0.2, 0.25) is 0 Å². The average Bonchev–Trinajstić information content (AvgIpc) is 2.96. The Kier molecular flexibility index (Phi) is 4.40. The van der Waals surface area contributed by atoms with Crippen LogP contribution in [0.3, 0.4) is 0 Å². The van der Waals surface area contributed by atoms with E-state index in [1.807, 2.05) is 24.5 Å². The molecule has 4 aromatic rings.